The molecule has 5 nitrogen and oxygen atoms in total. The maximum atomic E-state index is 11.9. The van der Waals surface area contributed by atoms with E-state index in [1.54, 1.807) is 31.4 Å². The first-order valence-electron chi connectivity index (χ1n) is 6.33. The maximum Gasteiger partial charge on any atom is 0.251 e. The van der Waals surface area contributed by atoms with Crippen molar-refractivity contribution in [3.05, 3.63) is 29.8 Å². The summed E-state index contributed by atoms with van der Waals surface area (Å²) in [7, 11) is 1.58. The van der Waals surface area contributed by atoms with Crippen molar-refractivity contribution in [1.82, 2.24) is 5.32 Å². The lowest BCUT2D eigenvalue weighted by atomic mass is 10.2. The number of rotatable bonds is 5. The van der Waals surface area contributed by atoms with E-state index in [4.69, 9.17) is 14.2 Å². The van der Waals surface area contributed by atoms with Crippen molar-refractivity contribution in [3.8, 4) is 5.75 Å². The van der Waals surface area contributed by atoms with Gasteiger partial charge in [0.05, 0.1) is 20.3 Å². The van der Waals surface area contributed by atoms with Crippen molar-refractivity contribution in [2.45, 2.75) is 19.1 Å². The quantitative estimate of drug-likeness (QED) is 0.878. The van der Waals surface area contributed by atoms with Crippen LogP contribution in [0.4, 0.5) is 0 Å². The van der Waals surface area contributed by atoms with Crippen LogP contribution < -0.4 is 10.1 Å². The molecule has 1 heterocycles. The third-order valence-electron chi connectivity index (χ3n) is 3.09. The van der Waals surface area contributed by atoms with Crippen LogP contribution in [0.3, 0.4) is 0 Å². The van der Waals surface area contributed by atoms with Gasteiger partial charge in [0.2, 0.25) is 0 Å². The lowest BCUT2D eigenvalue weighted by molar-refractivity contribution is -0.145. The molecule has 1 N–H and O–H groups in total. The van der Waals surface area contributed by atoms with Gasteiger partial charge in [-0.05, 0) is 25.1 Å². The summed E-state index contributed by atoms with van der Waals surface area (Å²) in [4.78, 5) is 11.9. The van der Waals surface area contributed by atoms with Crippen molar-refractivity contribution in [3.63, 3.8) is 0 Å². The average molecular weight is 265 g/mol. The van der Waals surface area contributed by atoms with Crippen molar-refractivity contribution in [1.29, 1.82) is 0 Å². The normalized spacial score (nSPS) is 17.2. The molecule has 5 heteroatoms. The molecule has 0 saturated carbocycles. The van der Waals surface area contributed by atoms with Gasteiger partial charge in [-0.3, -0.25) is 4.79 Å². The Morgan fingerprint density at radius 3 is 2.84 bits per heavy atom. The fourth-order valence-electron chi connectivity index (χ4n) is 1.97. The first-order chi connectivity index (χ1) is 9.13. The minimum absolute atomic E-state index is 0.125. The highest BCUT2D eigenvalue weighted by molar-refractivity contribution is 5.94. The van der Waals surface area contributed by atoms with Crippen molar-refractivity contribution >= 4 is 5.91 Å². The van der Waals surface area contributed by atoms with Crippen LogP contribution in [0.15, 0.2) is 24.3 Å². The van der Waals surface area contributed by atoms with Crippen LogP contribution in [0, 0.1) is 0 Å². The zero-order valence-corrected chi connectivity index (χ0v) is 11.3. The second-order valence-electron chi connectivity index (χ2n) is 4.57. The smallest absolute Gasteiger partial charge is 0.251 e. The van der Waals surface area contributed by atoms with E-state index in [1.165, 1.54) is 0 Å². The van der Waals surface area contributed by atoms with Crippen LogP contribution in [0.5, 0.6) is 5.75 Å². The molecule has 1 saturated heterocycles. The number of benzene rings is 1. The van der Waals surface area contributed by atoms with E-state index < -0.39 is 5.79 Å². The minimum atomic E-state index is -0.568. The molecule has 0 atom stereocenters. The molecule has 0 bridgehead atoms. The van der Waals surface area contributed by atoms with E-state index >= 15 is 0 Å². The summed E-state index contributed by atoms with van der Waals surface area (Å²) in [5.74, 6) is -0.0238. The molecule has 2 rings (SSSR count). The number of amides is 1. The molecule has 1 aliphatic heterocycles. The van der Waals surface area contributed by atoms with Crippen LogP contribution in [0.25, 0.3) is 0 Å². The molecule has 0 aromatic heterocycles. The molecule has 19 heavy (non-hydrogen) atoms. The van der Waals surface area contributed by atoms with Gasteiger partial charge in [0, 0.05) is 18.5 Å². The summed E-state index contributed by atoms with van der Waals surface area (Å²) in [6.07, 6.45) is 0.628. The molecule has 1 amide bonds. The maximum absolute atomic E-state index is 11.9. The molecule has 1 aliphatic rings. The Bertz CT molecular complexity index is 441. The molecule has 0 spiro atoms. The topological polar surface area (TPSA) is 56.8 Å². The summed E-state index contributed by atoms with van der Waals surface area (Å²) in [5, 5.41) is 2.85. The molecular weight excluding hydrogens is 246 g/mol. The highest BCUT2D eigenvalue weighted by atomic mass is 16.7. The third kappa shape index (κ3) is 3.68. The van der Waals surface area contributed by atoms with E-state index in [1.807, 2.05) is 6.92 Å². The number of methoxy groups -OCH3 is 1. The Kier molecular flexibility index (Phi) is 4.39. The monoisotopic (exact) mass is 265 g/mol. The summed E-state index contributed by atoms with van der Waals surface area (Å²) < 4.78 is 16.0. The van der Waals surface area contributed by atoms with Crippen LogP contribution in [-0.4, -0.2) is 38.6 Å². The lowest BCUT2D eigenvalue weighted by Crippen LogP contribution is -2.33. The fraction of sp³-hybridized carbons (Fsp3) is 0.500. The van der Waals surface area contributed by atoms with Gasteiger partial charge in [-0.1, -0.05) is 6.07 Å². The zero-order chi connectivity index (χ0) is 13.7. The first-order valence-corrected chi connectivity index (χ1v) is 6.33. The zero-order valence-electron chi connectivity index (χ0n) is 11.3. The highest BCUT2D eigenvalue weighted by Crippen LogP contribution is 2.21. The van der Waals surface area contributed by atoms with Gasteiger partial charge in [0.25, 0.3) is 5.91 Å². The molecule has 0 radical (unpaired) electrons. The van der Waals surface area contributed by atoms with Crippen molar-refractivity contribution in [2.75, 3.05) is 26.9 Å². The van der Waals surface area contributed by atoms with Crippen molar-refractivity contribution < 1.29 is 19.0 Å². The van der Waals surface area contributed by atoms with Crippen LogP contribution in [0.1, 0.15) is 23.7 Å². The van der Waals surface area contributed by atoms with Crippen LogP contribution >= 0.6 is 0 Å². The van der Waals surface area contributed by atoms with Gasteiger partial charge in [0.15, 0.2) is 5.79 Å². The highest BCUT2D eigenvalue weighted by Gasteiger charge is 2.30. The van der Waals surface area contributed by atoms with Gasteiger partial charge in [-0.2, -0.15) is 0 Å². The molecule has 1 fully saturated rings. The third-order valence-corrected chi connectivity index (χ3v) is 3.09. The second-order valence-corrected chi connectivity index (χ2v) is 4.57. The molecule has 1 aromatic carbocycles. The Labute approximate surface area is 112 Å². The Morgan fingerprint density at radius 2 is 2.16 bits per heavy atom. The van der Waals surface area contributed by atoms with E-state index in [9.17, 15) is 4.79 Å². The number of ether oxygens (including phenoxy) is 3. The predicted molar refractivity (Wildman–Crippen MR) is 70.3 cm³/mol. The van der Waals surface area contributed by atoms with Crippen LogP contribution in [0.2, 0.25) is 0 Å². The summed E-state index contributed by atoms with van der Waals surface area (Å²) in [6.45, 7) is 3.62. The molecular formula is C14H19NO4. The number of carbonyl (C=O) groups excluding carboxylic acids is 1. The van der Waals surface area contributed by atoms with Crippen molar-refractivity contribution in [2.24, 2.45) is 0 Å². The summed E-state index contributed by atoms with van der Waals surface area (Å²) in [5.41, 5.74) is 0.581. The molecule has 104 valence electrons. The number of hydrogen-bond acceptors (Lipinski definition) is 4. The average Bonchev–Trinajstić information content (AvgIpc) is 2.85. The van der Waals surface area contributed by atoms with Gasteiger partial charge in [-0.25, -0.2) is 0 Å². The Balaban J connectivity index is 1.83. The number of carbonyl (C=O) groups is 1. The van der Waals surface area contributed by atoms with E-state index in [-0.39, 0.29) is 5.91 Å². The van der Waals surface area contributed by atoms with E-state index in [0.717, 1.165) is 0 Å². The summed E-state index contributed by atoms with van der Waals surface area (Å²) >= 11 is 0. The molecule has 1 aromatic rings. The van der Waals surface area contributed by atoms with Crippen LogP contribution in [-0.2, 0) is 9.47 Å². The van der Waals surface area contributed by atoms with E-state index in [0.29, 0.717) is 37.5 Å². The van der Waals surface area contributed by atoms with Gasteiger partial charge in [0.1, 0.15) is 5.75 Å². The molecule has 0 aliphatic carbocycles. The second kappa shape index (κ2) is 6.04. The number of hydrogen-bond donors (Lipinski definition) is 1. The standard InChI is InChI=1S/C14H19NO4/c1-14(18-8-9-19-14)6-7-15-13(16)11-4-3-5-12(10-11)17-2/h3-5,10H,6-9H2,1-2H3,(H,15,16). The summed E-state index contributed by atoms with van der Waals surface area (Å²) in [6, 6.07) is 7.05. The van der Waals surface area contributed by atoms with Gasteiger partial charge in [-0.15, -0.1) is 0 Å². The SMILES string of the molecule is COc1cccc(C(=O)NCCC2(C)OCCO2)c1. The first kappa shape index (κ1) is 13.8. The van der Waals surface area contributed by atoms with Gasteiger partial charge >= 0.3 is 0 Å². The molecule has 0 unspecified atom stereocenters. The lowest BCUT2D eigenvalue weighted by Gasteiger charge is -2.22. The van der Waals surface area contributed by atoms with E-state index in [2.05, 4.69) is 5.32 Å². The fourth-order valence-corrected chi connectivity index (χ4v) is 1.97. The Hall–Kier alpha value is -1.59. The predicted octanol–water partition coefficient (Wildman–Crippen LogP) is 1.58. The Morgan fingerprint density at radius 1 is 1.42 bits per heavy atom. The minimum Gasteiger partial charge on any atom is -0.497 e. The number of nitrogens with one attached hydrogen (secondary N) is 1. The van der Waals surface area contributed by atoms with Gasteiger partial charge < -0.3 is 19.5 Å². The largest absolute Gasteiger partial charge is 0.497 e.